The SMILES string of the molecule is Cc1cc(C(=O)N2CC3CCCNC3C2)c(C)nn1. The first-order chi connectivity index (χ1) is 9.15. The summed E-state index contributed by atoms with van der Waals surface area (Å²) in [4.78, 5) is 14.6. The van der Waals surface area contributed by atoms with E-state index in [0.29, 0.717) is 17.5 Å². The van der Waals surface area contributed by atoms with Gasteiger partial charge in [0.25, 0.3) is 5.91 Å². The zero-order valence-electron chi connectivity index (χ0n) is 11.5. The van der Waals surface area contributed by atoms with Crippen LogP contribution in [0.3, 0.4) is 0 Å². The van der Waals surface area contributed by atoms with E-state index in [1.807, 2.05) is 24.8 Å². The molecule has 1 aromatic heterocycles. The molecule has 1 amide bonds. The number of carbonyl (C=O) groups is 1. The van der Waals surface area contributed by atoms with Gasteiger partial charge in [0.2, 0.25) is 0 Å². The van der Waals surface area contributed by atoms with E-state index in [1.54, 1.807) is 0 Å². The maximum Gasteiger partial charge on any atom is 0.255 e. The summed E-state index contributed by atoms with van der Waals surface area (Å²) in [6.07, 6.45) is 2.45. The Balaban J connectivity index is 1.79. The second-order valence-electron chi connectivity index (χ2n) is 5.66. The van der Waals surface area contributed by atoms with Crippen LogP contribution in [0.15, 0.2) is 6.07 Å². The predicted molar refractivity (Wildman–Crippen MR) is 71.9 cm³/mol. The molecule has 0 aromatic carbocycles. The Morgan fingerprint density at radius 1 is 1.37 bits per heavy atom. The van der Waals surface area contributed by atoms with Crippen LogP contribution in [0.1, 0.15) is 34.6 Å². The Kier molecular flexibility index (Phi) is 3.22. The van der Waals surface area contributed by atoms with Gasteiger partial charge in [0, 0.05) is 19.1 Å². The van der Waals surface area contributed by atoms with Crippen LogP contribution in [0.2, 0.25) is 0 Å². The smallest absolute Gasteiger partial charge is 0.255 e. The largest absolute Gasteiger partial charge is 0.337 e. The van der Waals surface area contributed by atoms with Crippen LogP contribution in [0.4, 0.5) is 0 Å². The topological polar surface area (TPSA) is 58.1 Å². The van der Waals surface area contributed by atoms with Crippen molar-refractivity contribution < 1.29 is 4.79 Å². The van der Waals surface area contributed by atoms with Gasteiger partial charge in [-0.15, -0.1) is 0 Å². The first-order valence-corrected chi connectivity index (χ1v) is 6.99. The highest BCUT2D eigenvalue weighted by Crippen LogP contribution is 2.26. The van der Waals surface area contributed by atoms with Crippen molar-refractivity contribution in [3.8, 4) is 0 Å². The van der Waals surface area contributed by atoms with Crippen molar-refractivity contribution in [2.24, 2.45) is 5.92 Å². The molecule has 2 atom stereocenters. The highest BCUT2D eigenvalue weighted by atomic mass is 16.2. The zero-order valence-corrected chi connectivity index (χ0v) is 11.5. The number of nitrogens with zero attached hydrogens (tertiary/aromatic N) is 3. The number of carbonyl (C=O) groups excluding carboxylic acids is 1. The van der Waals surface area contributed by atoms with Gasteiger partial charge in [0.05, 0.1) is 17.0 Å². The fraction of sp³-hybridized carbons (Fsp3) is 0.643. The molecule has 0 saturated carbocycles. The molecule has 5 nitrogen and oxygen atoms in total. The Hall–Kier alpha value is -1.49. The van der Waals surface area contributed by atoms with E-state index in [0.717, 1.165) is 31.0 Å². The average Bonchev–Trinajstić information content (AvgIpc) is 2.84. The van der Waals surface area contributed by atoms with Gasteiger partial charge in [-0.05, 0) is 45.2 Å². The van der Waals surface area contributed by atoms with E-state index in [4.69, 9.17) is 0 Å². The van der Waals surface area contributed by atoms with Gasteiger partial charge in [0.15, 0.2) is 0 Å². The molecule has 5 heteroatoms. The monoisotopic (exact) mass is 260 g/mol. The minimum absolute atomic E-state index is 0.103. The first kappa shape index (κ1) is 12.5. The third-order valence-corrected chi connectivity index (χ3v) is 4.22. The molecule has 3 heterocycles. The van der Waals surface area contributed by atoms with Crippen molar-refractivity contribution in [3.63, 3.8) is 0 Å². The molecule has 0 radical (unpaired) electrons. The quantitative estimate of drug-likeness (QED) is 0.815. The molecule has 102 valence electrons. The Bertz CT molecular complexity index is 488. The minimum Gasteiger partial charge on any atom is -0.337 e. The van der Waals surface area contributed by atoms with E-state index in [2.05, 4.69) is 15.5 Å². The van der Waals surface area contributed by atoms with Gasteiger partial charge in [-0.2, -0.15) is 10.2 Å². The summed E-state index contributed by atoms with van der Waals surface area (Å²) in [7, 11) is 0. The van der Waals surface area contributed by atoms with Gasteiger partial charge in [-0.1, -0.05) is 0 Å². The van der Waals surface area contributed by atoms with Gasteiger partial charge < -0.3 is 10.2 Å². The predicted octanol–water partition coefficient (Wildman–Crippen LogP) is 0.917. The van der Waals surface area contributed by atoms with Gasteiger partial charge in [0.1, 0.15) is 0 Å². The molecule has 2 unspecified atom stereocenters. The summed E-state index contributed by atoms with van der Waals surface area (Å²) < 4.78 is 0. The van der Waals surface area contributed by atoms with Crippen LogP contribution in [0.5, 0.6) is 0 Å². The van der Waals surface area contributed by atoms with Gasteiger partial charge in [-0.25, -0.2) is 0 Å². The van der Waals surface area contributed by atoms with Gasteiger partial charge >= 0.3 is 0 Å². The maximum absolute atomic E-state index is 12.6. The van der Waals surface area contributed by atoms with Crippen LogP contribution in [0.25, 0.3) is 0 Å². The molecular weight excluding hydrogens is 240 g/mol. The van der Waals surface area contributed by atoms with Crippen LogP contribution < -0.4 is 5.32 Å². The van der Waals surface area contributed by atoms with Crippen molar-refractivity contribution in [3.05, 3.63) is 23.0 Å². The molecule has 3 rings (SSSR count). The molecule has 2 saturated heterocycles. The first-order valence-electron chi connectivity index (χ1n) is 6.99. The number of likely N-dealkylation sites (tertiary alicyclic amines) is 1. The van der Waals surface area contributed by atoms with Crippen molar-refractivity contribution in [1.82, 2.24) is 20.4 Å². The Labute approximate surface area is 113 Å². The number of aromatic nitrogens is 2. The third kappa shape index (κ3) is 2.34. The van der Waals surface area contributed by atoms with Crippen molar-refractivity contribution in [2.75, 3.05) is 19.6 Å². The lowest BCUT2D eigenvalue weighted by Gasteiger charge is -2.24. The molecule has 0 bridgehead atoms. The van der Waals surface area contributed by atoms with Crippen molar-refractivity contribution >= 4 is 5.91 Å². The number of amides is 1. The van der Waals surface area contributed by atoms with E-state index in [9.17, 15) is 4.79 Å². The second kappa shape index (κ2) is 4.89. The van der Waals surface area contributed by atoms with E-state index >= 15 is 0 Å². The van der Waals surface area contributed by atoms with E-state index in [-0.39, 0.29) is 5.91 Å². The summed E-state index contributed by atoms with van der Waals surface area (Å²) in [6.45, 7) is 6.50. The summed E-state index contributed by atoms with van der Waals surface area (Å²) in [5.41, 5.74) is 2.22. The molecule has 2 aliphatic heterocycles. The highest BCUT2D eigenvalue weighted by Gasteiger charge is 2.37. The number of rotatable bonds is 1. The van der Waals surface area contributed by atoms with Crippen molar-refractivity contribution in [1.29, 1.82) is 0 Å². The minimum atomic E-state index is 0.103. The van der Waals surface area contributed by atoms with Crippen LogP contribution >= 0.6 is 0 Å². The molecule has 2 aliphatic rings. The average molecular weight is 260 g/mol. The summed E-state index contributed by atoms with van der Waals surface area (Å²) in [5.74, 6) is 0.723. The standard InChI is InChI=1S/C14H20N4O/c1-9-6-12(10(2)17-16-9)14(19)18-7-11-4-3-5-15-13(11)8-18/h6,11,13,15H,3-5,7-8H2,1-2H3. The lowest BCUT2D eigenvalue weighted by molar-refractivity contribution is 0.0784. The fourth-order valence-corrected chi connectivity index (χ4v) is 3.15. The van der Waals surface area contributed by atoms with Crippen LogP contribution in [0, 0.1) is 19.8 Å². The number of hydrogen-bond acceptors (Lipinski definition) is 4. The number of fused-ring (bicyclic) bond motifs is 1. The molecule has 1 N–H and O–H groups in total. The van der Waals surface area contributed by atoms with E-state index < -0.39 is 0 Å². The summed E-state index contributed by atoms with van der Waals surface area (Å²) in [6, 6.07) is 2.33. The molecule has 0 spiro atoms. The summed E-state index contributed by atoms with van der Waals surface area (Å²) in [5, 5.41) is 11.6. The number of aryl methyl sites for hydroxylation is 2. The summed E-state index contributed by atoms with van der Waals surface area (Å²) >= 11 is 0. The number of piperidine rings is 1. The lowest BCUT2D eigenvalue weighted by atomic mass is 9.94. The molecule has 1 aromatic rings. The second-order valence-corrected chi connectivity index (χ2v) is 5.66. The number of hydrogen-bond donors (Lipinski definition) is 1. The van der Waals surface area contributed by atoms with Crippen LogP contribution in [-0.2, 0) is 0 Å². The molecule has 0 aliphatic carbocycles. The molecule has 19 heavy (non-hydrogen) atoms. The maximum atomic E-state index is 12.6. The Morgan fingerprint density at radius 2 is 2.21 bits per heavy atom. The molecular formula is C14H20N4O. The van der Waals surface area contributed by atoms with Crippen LogP contribution in [-0.4, -0.2) is 46.7 Å². The normalized spacial score (nSPS) is 26.3. The lowest BCUT2D eigenvalue weighted by Crippen LogP contribution is -2.41. The fourth-order valence-electron chi connectivity index (χ4n) is 3.15. The van der Waals surface area contributed by atoms with Crippen molar-refractivity contribution in [2.45, 2.75) is 32.7 Å². The zero-order chi connectivity index (χ0) is 13.4. The van der Waals surface area contributed by atoms with Gasteiger partial charge in [-0.3, -0.25) is 4.79 Å². The third-order valence-electron chi connectivity index (χ3n) is 4.22. The van der Waals surface area contributed by atoms with E-state index in [1.165, 1.54) is 12.8 Å². The number of nitrogens with one attached hydrogen (secondary N) is 1. The highest BCUT2D eigenvalue weighted by molar-refractivity contribution is 5.95. The molecule has 2 fully saturated rings. The Morgan fingerprint density at radius 3 is 3.00 bits per heavy atom.